The van der Waals surface area contributed by atoms with Gasteiger partial charge in [-0.05, 0) is 6.42 Å². The maximum Gasteiger partial charge on any atom is 0.217 e. The fourth-order valence-corrected chi connectivity index (χ4v) is 5.72. The summed E-state index contributed by atoms with van der Waals surface area (Å²) in [6.45, 7) is 3.70. The van der Waals surface area contributed by atoms with Gasteiger partial charge in [0.25, 0.3) is 0 Å². The zero-order chi connectivity index (χ0) is 33.7. The van der Waals surface area contributed by atoms with Crippen LogP contribution in [0.3, 0.4) is 0 Å². The van der Waals surface area contributed by atoms with Crippen LogP contribution in [0.5, 0.6) is 0 Å². The summed E-state index contributed by atoms with van der Waals surface area (Å²) in [6, 6.07) is -3.50. The summed E-state index contributed by atoms with van der Waals surface area (Å²) in [5, 5.41) is 84.3. The van der Waals surface area contributed by atoms with E-state index in [1.54, 1.807) is 0 Å². The van der Waals surface area contributed by atoms with Gasteiger partial charge in [-0.15, -0.1) is 0 Å². The van der Waals surface area contributed by atoms with Crippen LogP contribution >= 0.6 is 0 Å². The number of amides is 4. The number of hydrogen-bond donors (Lipinski definition) is 11. The van der Waals surface area contributed by atoms with Gasteiger partial charge in [-0.1, -0.05) is 0 Å². The predicted molar refractivity (Wildman–Crippen MR) is 146 cm³/mol. The summed E-state index contributed by atoms with van der Waals surface area (Å²) < 4.78 is 23.0. The van der Waals surface area contributed by atoms with E-state index in [0.29, 0.717) is 0 Å². The second-order valence-corrected chi connectivity index (χ2v) is 11.4. The Balaban J connectivity index is 1.93. The van der Waals surface area contributed by atoms with Crippen molar-refractivity contribution in [1.82, 2.24) is 21.3 Å². The van der Waals surface area contributed by atoms with Gasteiger partial charge in [-0.25, -0.2) is 0 Å². The number of rotatable bonds is 10. The molecule has 0 aromatic carbocycles. The lowest BCUT2D eigenvalue weighted by Crippen LogP contribution is -2.70. The first-order valence-electron chi connectivity index (χ1n) is 14.4. The lowest BCUT2D eigenvalue weighted by molar-refractivity contribution is -0.334. The van der Waals surface area contributed by atoms with Crippen LogP contribution in [0.2, 0.25) is 0 Å². The number of hydrogen-bond acceptors (Lipinski definition) is 15. The van der Waals surface area contributed by atoms with E-state index in [-0.39, 0.29) is 13.0 Å². The fraction of sp³-hybridized carbons (Fsp3) is 0.846. The maximum absolute atomic E-state index is 12.1. The van der Waals surface area contributed by atoms with Gasteiger partial charge in [0.15, 0.2) is 12.6 Å². The third kappa shape index (κ3) is 9.04. The van der Waals surface area contributed by atoms with E-state index in [9.17, 15) is 54.9 Å². The van der Waals surface area contributed by atoms with Crippen molar-refractivity contribution in [1.29, 1.82) is 0 Å². The lowest BCUT2D eigenvalue weighted by atomic mass is 9.83. The highest BCUT2D eigenvalue weighted by Gasteiger charge is 2.53. The van der Waals surface area contributed by atoms with E-state index in [1.807, 2.05) is 0 Å². The Labute approximate surface area is 258 Å². The molecule has 45 heavy (non-hydrogen) atoms. The molecular weight excluding hydrogens is 608 g/mol. The minimum Gasteiger partial charge on any atom is -0.394 e. The number of aliphatic hydroxyl groups is 7. The summed E-state index contributed by atoms with van der Waals surface area (Å²) in [5.74, 6) is -2.21. The van der Waals surface area contributed by atoms with Gasteiger partial charge < -0.3 is 76.0 Å². The molecule has 0 aromatic heterocycles. The molecular formula is C26H44N4O15. The van der Waals surface area contributed by atoms with Crippen LogP contribution < -0.4 is 21.3 Å². The highest BCUT2D eigenvalue weighted by Crippen LogP contribution is 2.33. The molecule has 3 aliphatic rings. The van der Waals surface area contributed by atoms with Crippen LogP contribution in [0, 0.1) is 0 Å². The Morgan fingerprint density at radius 3 is 1.58 bits per heavy atom. The molecule has 2 heterocycles. The quantitative estimate of drug-likeness (QED) is 0.105. The predicted octanol–water partition coefficient (Wildman–Crippen LogP) is -6.58. The van der Waals surface area contributed by atoms with E-state index in [0.717, 1.165) is 6.92 Å². The molecule has 15 atom stereocenters. The minimum atomic E-state index is -1.86. The Kier molecular flexibility index (Phi) is 13.0. The van der Waals surface area contributed by atoms with Gasteiger partial charge in [0, 0.05) is 34.2 Å². The van der Waals surface area contributed by atoms with Crippen molar-refractivity contribution in [3.8, 4) is 0 Å². The van der Waals surface area contributed by atoms with Crippen molar-refractivity contribution in [2.24, 2.45) is 0 Å². The number of ether oxygens (including phenoxy) is 4. The second kappa shape index (κ2) is 15.8. The molecule has 11 N–H and O–H groups in total. The van der Waals surface area contributed by atoms with E-state index in [1.165, 1.54) is 20.8 Å². The average Bonchev–Trinajstić information content (AvgIpc) is 2.94. The fourth-order valence-electron chi connectivity index (χ4n) is 5.72. The molecule has 1 saturated carbocycles. The van der Waals surface area contributed by atoms with Gasteiger partial charge in [-0.2, -0.15) is 0 Å². The number of carbonyl (C=O) groups excluding carboxylic acids is 4. The molecule has 19 nitrogen and oxygen atoms in total. The standard InChI is InChI=1S/C26H44N4O15/c1-8(32)27-6-14-18(37)20(39)21(40)26(42-14)45-24-13(29-10(3)34)5-12(28-9(2)33)23(22(24)41)44-25-19(38)16(30-11(4)35)17(36)15(7-31)43-25/h12-26,31,36-41H,5-7H2,1-4H3,(H,27,32)(H,28,33)(H,29,34)(H,30,35). The van der Waals surface area contributed by atoms with Crippen LogP contribution in [-0.4, -0.2) is 164 Å². The van der Waals surface area contributed by atoms with Gasteiger partial charge in [0.2, 0.25) is 23.6 Å². The van der Waals surface area contributed by atoms with Crippen molar-refractivity contribution < 1.29 is 73.9 Å². The molecule has 0 aromatic rings. The lowest BCUT2D eigenvalue weighted by Gasteiger charge is -2.49. The zero-order valence-electron chi connectivity index (χ0n) is 25.2. The van der Waals surface area contributed by atoms with E-state index < -0.39 is 122 Å². The van der Waals surface area contributed by atoms with E-state index >= 15 is 0 Å². The molecule has 258 valence electrons. The third-order valence-electron chi connectivity index (χ3n) is 7.81. The highest BCUT2D eigenvalue weighted by atomic mass is 16.7. The van der Waals surface area contributed by atoms with Crippen molar-refractivity contribution in [2.75, 3.05) is 13.2 Å². The third-order valence-corrected chi connectivity index (χ3v) is 7.81. The maximum atomic E-state index is 12.1. The molecule has 0 spiro atoms. The number of aliphatic hydroxyl groups excluding tert-OH is 7. The monoisotopic (exact) mass is 652 g/mol. The van der Waals surface area contributed by atoms with E-state index in [2.05, 4.69) is 21.3 Å². The Morgan fingerprint density at radius 2 is 1.11 bits per heavy atom. The van der Waals surface area contributed by atoms with Gasteiger partial charge in [0.1, 0.15) is 61.0 Å². The second-order valence-electron chi connectivity index (χ2n) is 11.4. The molecule has 1 aliphatic carbocycles. The summed E-state index contributed by atoms with van der Waals surface area (Å²) in [4.78, 5) is 47.4. The zero-order valence-corrected chi connectivity index (χ0v) is 25.2. The normalized spacial score (nSPS) is 41.9. The molecule has 3 rings (SSSR count). The van der Waals surface area contributed by atoms with Crippen molar-refractivity contribution in [3.05, 3.63) is 0 Å². The summed E-state index contributed by atoms with van der Waals surface area (Å²) in [7, 11) is 0. The van der Waals surface area contributed by atoms with Crippen molar-refractivity contribution in [2.45, 2.75) is 126 Å². The van der Waals surface area contributed by atoms with Crippen molar-refractivity contribution in [3.63, 3.8) is 0 Å². The average molecular weight is 653 g/mol. The molecule has 19 heteroatoms. The summed E-state index contributed by atoms with van der Waals surface area (Å²) in [5.41, 5.74) is 0. The molecule has 2 aliphatic heterocycles. The van der Waals surface area contributed by atoms with Gasteiger partial charge >= 0.3 is 0 Å². The first kappa shape index (κ1) is 36.9. The smallest absolute Gasteiger partial charge is 0.217 e. The Morgan fingerprint density at radius 1 is 0.622 bits per heavy atom. The van der Waals surface area contributed by atoms with Gasteiger partial charge in [-0.3, -0.25) is 19.2 Å². The Bertz CT molecular complexity index is 1050. The molecule has 15 unspecified atom stereocenters. The van der Waals surface area contributed by atoms with Crippen LogP contribution in [0.25, 0.3) is 0 Å². The van der Waals surface area contributed by atoms with Crippen LogP contribution in [-0.2, 0) is 38.1 Å². The molecule has 3 fully saturated rings. The van der Waals surface area contributed by atoms with Gasteiger partial charge in [0.05, 0.1) is 24.7 Å². The summed E-state index contributed by atoms with van der Waals surface area (Å²) in [6.07, 6.45) is -19.5. The van der Waals surface area contributed by atoms with Crippen LogP contribution in [0.4, 0.5) is 0 Å². The minimum absolute atomic E-state index is 0.154. The first-order valence-corrected chi connectivity index (χ1v) is 14.4. The molecule has 4 amide bonds. The number of nitrogens with one attached hydrogen (secondary N) is 4. The number of carbonyl (C=O) groups is 4. The SMILES string of the molecule is CC(=O)NCC1OC(OC2C(NC(C)=O)CC(NC(C)=O)C(OC3OC(CO)C(O)C(NC(C)=O)C3O)C2O)C(O)C(O)C1O. The van der Waals surface area contributed by atoms with Crippen molar-refractivity contribution >= 4 is 23.6 Å². The van der Waals surface area contributed by atoms with Crippen LogP contribution in [0.15, 0.2) is 0 Å². The van der Waals surface area contributed by atoms with Crippen LogP contribution in [0.1, 0.15) is 34.1 Å². The Hall–Kier alpha value is -2.56. The highest BCUT2D eigenvalue weighted by molar-refractivity contribution is 5.74. The van der Waals surface area contributed by atoms with E-state index in [4.69, 9.17) is 18.9 Å². The molecule has 2 saturated heterocycles. The molecule has 0 radical (unpaired) electrons. The topological polar surface area (TPSA) is 295 Å². The molecule has 0 bridgehead atoms. The first-order chi connectivity index (χ1) is 21.0. The summed E-state index contributed by atoms with van der Waals surface area (Å²) >= 11 is 0. The largest absolute Gasteiger partial charge is 0.394 e.